The van der Waals surface area contributed by atoms with Gasteiger partial charge in [0.1, 0.15) is 0 Å². The van der Waals surface area contributed by atoms with Crippen LogP contribution in [0.15, 0.2) is 34.2 Å². The van der Waals surface area contributed by atoms with Crippen molar-refractivity contribution in [3.05, 3.63) is 98.7 Å². The van der Waals surface area contributed by atoms with Crippen molar-refractivity contribution in [1.29, 1.82) is 0 Å². The Balaban J connectivity index is -0.000000227. The molecule has 0 atom stereocenters. The lowest BCUT2D eigenvalue weighted by Gasteiger charge is -2.25. The Bertz CT molecular complexity index is 2030. The van der Waals surface area contributed by atoms with Gasteiger partial charge in [-0.25, -0.2) is 18.7 Å². The zero-order chi connectivity index (χ0) is 73.7. The minimum atomic E-state index is 0.169. The molecule has 0 fully saturated rings. The molecule has 0 radical (unpaired) electrons. The van der Waals surface area contributed by atoms with Crippen molar-refractivity contribution in [1.82, 2.24) is 27.5 Å². The fraction of sp³-hybridized carbons (Fsp3) is 0.769. The van der Waals surface area contributed by atoms with Gasteiger partial charge in [-0.05, 0) is 112 Å². The number of nitrogens with zero attached hydrogens (tertiary/aromatic N) is 6. The molecule has 6 nitrogen and oxygen atoms in total. The Kier molecular flexibility index (Phi) is 45.8. The van der Waals surface area contributed by atoms with Crippen molar-refractivity contribution in [3.63, 3.8) is 0 Å². The Hall–Kier alpha value is -2.22. The number of aromatic nitrogens is 6. The first-order valence-corrected chi connectivity index (χ1v) is 39.1. The van der Waals surface area contributed by atoms with Crippen LogP contribution < -0.4 is 0 Å². The SMILES string of the molecule is CC.CC.CC.CC.CC.CC.CC(C)(C)c1cnsc1C(C)(C)C.CC(C)(C)c1cnsc1C(C)(C)C.CC(C)(C)c1csnc1C(C)(C)C.CC(C)(C)c1csnc1C(C)(C)C.CC(C)(C)c1ncsc1C(C)(C)C.CC(C)(C)c1ncsc1C(C)(C)C. The maximum atomic E-state index is 4.50. The van der Waals surface area contributed by atoms with E-state index in [2.05, 4.69) is 287 Å². The normalized spacial score (nSPS) is 12.0. The standard InChI is InChI=1S/6C11H19NS.6C2H6/c2*1-10(2,3)8-9(11(4,5)6)13-7-12-8;2*1-10(2,3)8-7-13-12-9(8)11(4,5)6;2*1-10(2,3)8-7-12-13-9(8)11(4,5)6;6*1-2/h6*7H,1-6H3;6*1-2H3. The van der Waals surface area contributed by atoms with Crippen LogP contribution in [0, 0.1) is 0 Å². The third-order valence-corrected chi connectivity index (χ3v) is 18.4. The summed E-state index contributed by atoms with van der Waals surface area (Å²) < 4.78 is 17.6. The van der Waals surface area contributed by atoms with Gasteiger partial charge >= 0.3 is 0 Å². The molecule has 0 amide bonds. The van der Waals surface area contributed by atoms with E-state index in [9.17, 15) is 0 Å². The first-order valence-electron chi connectivity index (χ1n) is 34.1. The van der Waals surface area contributed by atoms with E-state index in [0.29, 0.717) is 0 Å². The van der Waals surface area contributed by atoms with Gasteiger partial charge < -0.3 is 0 Å². The highest BCUT2D eigenvalue weighted by Gasteiger charge is 2.32. The lowest BCUT2D eigenvalue weighted by molar-refractivity contribution is 0.522. The minimum Gasteiger partial charge on any atom is -0.249 e. The second-order valence-electron chi connectivity index (χ2n) is 33.4. The van der Waals surface area contributed by atoms with E-state index in [4.69, 9.17) is 0 Å². The van der Waals surface area contributed by atoms with E-state index in [1.165, 1.54) is 64.5 Å². The maximum Gasteiger partial charge on any atom is 0.0798 e. The smallest absolute Gasteiger partial charge is 0.0798 e. The highest BCUT2D eigenvalue weighted by Crippen LogP contribution is 2.40. The van der Waals surface area contributed by atoms with Crippen LogP contribution in [0.25, 0.3) is 0 Å². The highest BCUT2D eigenvalue weighted by molar-refractivity contribution is 7.10. The van der Waals surface area contributed by atoms with Gasteiger partial charge in [-0.2, -0.15) is 8.75 Å². The van der Waals surface area contributed by atoms with Gasteiger partial charge in [-0.3, -0.25) is 0 Å². The van der Waals surface area contributed by atoms with Crippen molar-refractivity contribution >= 4 is 68.8 Å². The largest absolute Gasteiger partial charge is 0.249 e. The van der Waals surface area contributed by atoms with Crippen LogP contribution in [0.1, 0.15) is 397 Å². The number of hydrogen-bond donors (Lipinski definition) is 0. The van der Waals surface area contributed by atoms with Crippen molar-refractivity contribution < 1.29 is 0 Å². The summed E-state index contributed by atoms with van der Waals surface area (Å²) in [6.07, 6.45) is 4.04. The molecule has 0 aliphatic rings. The van der Waals surface area contributed by atoms with Crippen LogP contribution in [0.3, 0.4) is 0 Å². The second-order valence-corrected chi connectivity index (χ2v) is 37.9. The fourth-order valence-electron chi connectivity index (χ4n) is 7.87. The van der Waals surface area contributed by atoms with E-state index < -0.39 is 0 Å². The van der Waals surface area contributed by atoms with Gasteiger partial charge in [0.15, 0.2) is 0 Å². The van der Waals surface area contributed by atoms with Gasteiger partial charge in [-0.1, -0.05) is 332 Å². The first-order chi connectivity index (χ1) is 40.4. The van der Waals surface area contributed by atoms with Gasteiger partial charge in [0.25, 0.3) is 0 Å². The summed E-state index contributed by atoms with van der Waals surface area (Å²) in [4.78, 5) is 14.6. The molecule has 0 unspecified atom stereocenters. The highest BCUT2D eigenvalue weighted by atomic mass is 32.1. The zero-order valence-corrected chi connectivity index (χ0v) is 73.5. The van der Waals surface area contributed by atoms with E-state index >= 15 is 0 Å². The van der Waals surface area contributed by atoms with Crippen molar-refractivity contribution in [2.75, 3.05) is 0 Å². The van der Waals surface area contributed by atoms with Crippen LogP contribution in [0.4, 0.5) is 0 Å². The molecular weight excluding hydrogens is 1210 g/mol. The molecule has 528 valence electrons. The van der Waals surface area contributed by atoms with Gasteiger partial charge in [0, 0.05) is 64.3 Å². The average Bonchev–Trinajstić information content (AvgIpc) is 4.33. The third-order valence-electron chi connectivity index (χ3n) is 12.2. The predicted octanol–water partition coefficient (Wildman–Crippen LogP) is 28.6. The Morgan fingerprint density at radius 3 is 0.567 bits per heavy atom. The Labute approximate surface area is 587 Å². The molecule has 0 bridgehead atoms. The second kappa shape index (κ2) is 41.7. The van der Waals surface area contributed by atoms with Gasteiger partial charge in [0.2, 0.25) is 0 Å². The number of thiazole rings is 2. The summed E-state index contributed by atoms with van der Waals surface area (Å²) in [5.41, 5.74) is 17.0. The number of hydrogen-bond acceptors (Lipinski definition) is 12. The van der Waals surface area contributed by atoms with Crippen LogP contribution in [-0.4, -0.2) is 27.5 Å². The third kappa shape index (κ3) is 36.6. The van der Waals surface area contributed by atoms with E-state index in [0.717, 1.165) is 0 Å². The minimum absolute atomic E-state index is 0.169. The Morgan fingerprint density at radius 1 is 0.233 bits per heavy atom. The molecule has 12 heteroatoms. The molecule has 6 aromatic rings. The molecule has 6 rings (SSSR count). The van der Waals surface area contributed by atoms with E-state index in [1.54, 1.807) is 68.8 Å². The summed E-state index contributed by atoms with van der Waals surface area (Å²) in [6, 6.07) is 0. The molecule has 0 saturated carbocycles. The topological polar surface area (TPSA) is 77.3 Å². The molecular formula is C78H150N6S6. The lowest BCUT2D eigenvalue weighted by Crippen LogP contribution is -2.20. The first kappa shape index (κ1) is 98.8. The summed E-state index contributed by atoms with van der Waals surface area (Å²) in [5.74, 6) is 0. The summed E-state index contributed by atoms with van der Waals surface area (Å²) >= 11 is 9.95. The summed E-state index contributed by atoms with van der Waals surface area (Å²) in [6.45, 7) is 104. The lowest BCUT2D eigenvalue weighted by atomic mass is 9.80. The molecule has 0 aliphatic carbocycles. The van der Waals surface area contributed by atoms with E-state index in [1.807, 2.05) is 106 Å². The summed E-state index contributed by atoms with van der Waals surface area (Å²) in [5, 5.41) is 4.36. The molecule has 0 spiro atoms. The molecule has 0 aromatic carbocycles. The van der Waals surface area contributed by atoms with Crippen LogP contribution in [0.2, 0.25) is 0 Å². The Morgan fingerprint density at radius 2 is 0.433 bits per heavy atom. The van der Waals surface area contributed by atoms with Crippen molar-refractivity contribution in [2.24, 2.45) is 0 Å². The van der Waals surface area contributed by atoms with Crippen molar-refractivity contribution in [2.45, 2.75) is 397 Å². The molecule has 0 aliphatic heterocycles. The van der Waals surface area contributed by atoms with Crippen molar-refractivity contribution in [3.8, 4) is 0 Å². The molecule has 0 N–H and O–H groups in total. The summed E-state index contributed by atoms with van der Waals surface area (Å²) in [7, 11) is 0. The van der Waals surface area contributed by atoms with E-state index in [-0.39, 0.29) is 65.0 Å². The van der Waals surface area contributed by atoms with Crippen LogP contribution in [-0.2, 0) is 65.0 Å². The molecule has 6 aromatic heterocycles. The maximum absolute atomic E-state index is 4.50. The fourth-order valence-corrected chi connectivity index (χ4v) is 14.2. The molecule has 0 saturated heterocycles. The predicted molar refractivity (Wildman–Crippen MR) is 425 cm³/mol. The van der Waals surface area contributed by atoms with Crippen LogP contribution in [0.5, 0.6) is 0 Å². The van der Waals surface area contributed by atoms with Gasteiger partial charge in [-0.15, -0.1) is 22.7 Å². The number of rotatable bonds is 0. The van der Waals surface area contributed by atoms with Gasteiger partial charge in [0.05, 0.1) is 33.8 Å². The quantitative estimate of drug-likeness (QED) is 0.151. The zero-order valence-electron chi connectivity index (χ0n) is 68.6. The van der Waals surface area contributed by atoms with Crippen LogP contribution >= 0.6 is 68.8 Å². The molecule has 90 heavy (non-hydrogen) atoms. The monoisotopic (exact) mass is 1360 g/mol. The molecule has 6 heterocycles. The average molecular weight is 1360 g/mol.